The average Bonchev–Trinajstić information content (AvgIpc) is 2.92. The molecular weight excluding hydrogens is 298 g/mol. The Morgan fingerprint density at radius 2 is 1.48 bits per heavy atom. The van der Waals surface area contributed by atoms with Crippen molar-refractivity contribution >= 4 is 11.9 Å². The highest BCUT2D eigenvalue weighted by molar-refractivity contribution is 5.83. The lowest BCUT2D eigenvalue weighted by Crippen LogP contribution is -2.36. The average molecular weight is 315 g/mol. The van der Waals surface area contributed by atoms with Crippen molar-refractivity contribution in [3.8, 4) is 0 Å². The molecule has 2 aliphatic rings. The third-order valence-corrected chi connectivity index (χ3v) is 2.71. The van der Waals surface area contributed by atoms with Gasteiger partial charge in [-0.05, 0) is 24.3 Å². The first kappa shape index (κ1) is 16.3. The van der Waals surface area contributed by atoms with E-state index in [1.54, 1.807) is 61.0 Å². The van der Waals surface area contributed by atoms with Gasteiger partial charge in [-0.25, -0.2) is 4.79 Å². The molecule has 4 N–H and O–H groups in total. The van der Waals surface area contributed by atoms with Gasteiger partial charge in [-0.3, -0.25) is 4.79 Å². The van der Waals surface area contributed by atoms with Gasteiger partial charge in [-0.1, -0.05) is 24.3 Å². The van der Waals surface area contributed by atoms with Crippen LogP contribution in [0.3, 0.4) is 0 Å². The number of esters is 2. The topological polar surface area (TPSA) is 103 Å². The number of allylic oxidation sites excluding steroid dienone is 8. The third-order valence-electron chi connectivity index (χ3n) is 2.71. The molecule has 0 spiro atoms. The van der Waals surface area contributed by atoms with Gasteiger partial charge < -0.3 is 25.8 Å². The maximum atomic E-state index is 11.9. The maximum Gasteiger partial charge on any atom is 0.330 e. The maximum absolute atomic E-state index is 11.9. The van der Waals surface area contributed by atoms with Crippen LogP contribution in [-0.2, 0) is 19.1 Å². The molecule has 2 aliphatic heterocycles. The highest BCUT2D eigenvalue weighted by atomic mass is 16.6. The molecule has 0 aromatic carbocycles. The fraction of sp³-hybridized carbons (Fsp3) is 0.125. The summed E-state index contributed by atoms with van der Waals surface area (Å²) in [6.07, 6.45) is 16.5. The van der Waals surface area contributed by atoms with Crippen LogP contribution in [0.1, 0.15) is 6.42 Å². The molecule has 0 fully saturated rings. The predicted octanol–water partition coefficient (Wildman–Crippen LogP) is 0.819. The molecule has 0 saturated carbocycles. The fourth-order valence-corrected chi connectivity index (χ4v) is 1.62. The van der Waals surface area contributed by atoms with Gasteiger partial charge in [0, 0.05) is 12.4 Å². The molecule has 7 heteroatoms. The van der Waals surface area contributed by atoms with Crippen LogP contribution < -0.4 is 16.4 Å². The molecule has 2 rings (SSSR count). The van der Waals surface area contributed by atoms with Crippen LogP contribution in [0.4, 0.5) is 0 Å². The Morgan fingerprint density at radius 3 is 2.09 bits per heavy atom. The summed E-state index contributed by atoms with van der Waals surface area (Å²) in [5.74, 6) is -0.886. The molecule has 0 unspecified atom stereocenters. The van der Waals surface area contributed by atoms with Crippen LogP contribution in [0.2, 0.25) is 0 Å². The SMILES string of the molecule is N[C@@H](CC(=O)OC1=CC=CC=CN1)C(=O)OC1=CC=CC=CN1. The number of carbonyl (C=O) groups is 2. The van der Waals surface area contributed by atoms with E-state index in [1.807, 2.05) is 0 Å². The molecule has 0 aliphatic carbocycles. The van der Waals surface area contributed by atoms with E-state index < -0.39 is 18.0 Å². The second-order valence-electron chi connectivity index (χ2n) is 4.54. The molecule has 0 saturated heterocycles. The van der Waals surface area contributed by atoms with E-state index in [4.69, 9.17) is 15.2 Å². The summed E-state index contributed by atoms with van der Waals surface area (Å²) in [7, 11) is 0. The summed E-state index contributed by atoms with van der Waals surface area (Å²) in [4.78, 5) is 23.7. The predicted molar refractivity (Wildman–Crippen MR) is 83.8 cm³/mol. The molecule has 23 heavy (non-hydrogen) atoms. The van der Waals surface area contributed by atoms with E-state index in [0.29, 0.717) is 0 Å². The summed E-state index contributed by atoms with van der Waals surface area (Å²) < 4.78 is 10.1. The summed E-state index contributed by atoms with van der Waals surface area (Å²) in [5.41, 5.74) is 5.68. The lowest BCUT2D eigenvalue weighted by molar-refractivity contribution is -0.147. The van der Waals surface area contributed by atoms with E-state index in [0.717, 1.165) is 0 Å². The molecule has 0 aromatic rings. The summed E-state index contributed by atoms with van der Waals surface area (Å²) in [6, 6.07) is -1.13. The van der Waals surface area contributed by atoms with Crippen LogP contribution in [0.25, 0.3) is 0 Å². The highest BCUT2D eigenvalue weighted by Crippen LogP contribution is 2.05. The summed E-state index contributed by atoms with van der Waals surface area (Å²) >= 11 is 0. The molecule has 0 aromatic heterocycles. The zero-order valence-electron chi connectivity index (χ0n) is 12.3. The Kier molecular flexibility index (Phi) is 5.96. The number of carbonyl (C=O) groups excluding carboxylic acids is 2. The monoisotopic (exact) mass is 315 g/mol. The van der Waals surface area contributed by atoms with Crippen molar-refractivity contribution in [3.05, 3.63) is 72.8 Å². The number of nitrogens with one attached hydrogen (secondary N) is 2. The second-order valence-corrected chi connectivity index (χ2v) is 4.54. The largest absolute Gasteiger partial charge is 0.409 e. The van der Waals surface area contributed by atoms with Crippen molar-refractivity contribution in [3.63, 3.8) is 0 Å². The Labute approximate surface area is 133 Å². The lowest BCUT2D eigenvalue weighted by Gasteiger charge is -2.13. The van der Waals surface area contributed by atoms with Crippen LogP contribution in [-0.4, -0.2) is 18.0 Å². The van der Waals surface area contributed by atoms with Crippen LogP contribution in [0.15, 0.2) is 72.8 Å². The molecule has 2 heterocycles. The number of nitrogens with two attached hydrogens (primary N) is 1. The van der Waals surface area contributed by atoms with E-state index in [1.165, 1.54) is 0 Å². The minimum Gasteiger partial charge on any atom is -0.409 e. The van der Waals surface area contributed by atoms with E-state index in [-0.39, 0.29) is 18.2 Å². The number of ether oxygens (including phenoxy) is 2. The normalized spacial score (nSPS) is 16.9. The summed E-state index contributed by atoms with van der Waals surface area (Å²) in [5, 5.41) is 5.53. The molecule has 0 amide bonds. The zero-order chi connectivity index (χ0) is 16.5. The van der Waals surface area contributed by atoms with Crippen LogP contribution in [0.5, 0.6) is 0 Å². The van der Waals surface area contributed by atoms with Gasteiger partial charge in [0.2, 0.25) is 11.8 Å². The van der Waals surface area contributed by atoms with Crippen LogP contribution in [0, 0.1) is 0 Å². The molecule has 120 valence electrons. The van der Waals surface area contributed by atoms with Crippen molar-refractivity contribution in [2.45, 2.75) is 12.5 Å². The van der Waals surface area contributed by atoms with Crippen LogP contribution >= 0.6 is 0 Å². The number of hydrogen-bond donors (Lipinski definition) is 3. The third kappa shape index (κ3) is 5.68. The van der Waals surface area contributed by atoms with Crippen molar-refractivity contribution in [1.82, 2.24) is 10.6 Å². The fourth-order valence-electron chi connectivity index (χ4n) is 1.62. The van der Waals surface area contributed by atoms with Gasteiger partial charge >= 0.3 is 11.9 Å². The second kappa shape index (κ2) is 8.40. The first-order valence-electron chi connectivity index (χ1n) is 6.93. The molecule has 0 bridgehead atoms. The number of hydrogen-bond acceptors (Lipinski definition) is 7. The van der Waals surface area contributed by atoms with E-state index in [2.05, 4.69) is 10.6 Å². The molecular formula is C16H17N3O4. The molecule has 7 nitrogen and oxygen atoms in total. The van der Waals surface area contributed by atoms with Gasteiger partial charge in [0.1, 0.15) is 6.04 Å². The minimum atomic E-state index is -1.13. The minimum absolute atomic E-state index is 0.229. The highest BCUT2D eigenvalue weighted by Gasteiger charge is 2.22. The van der Waals surface area contributed by atoms with Gasteiger partial charge in [0.25, 0.3) is 0 Å². The molecule has 0 radical (unpaired) electrons. The van der Waals surface area contributed by atoms with Gasteiger partial charge in [-0.2, -0.15) is 0 Å². The van der Waals surface area contributed by atoms with E-state index >= 15 is 0 Å². The standard InChI is InChI=1S/C16H17N3O4/c17-12(16(21)23-14-8-4-2-6-10-19-14)11-15(20)22-13-7-3-1-5-9-18-13/h1-10,12,18-19H,11,17H2/t12-/m0/s1. The Morgan fingerprint density at radius 1 is 0.913 bits per heavy atom. The van der Waals surface area contributed by atoms with Gasteiger partial charge in [0.15, 0.2) is 0 Å². The quantitative estimate of drug-likeness (QED) is 0.645. The van der Waals surface area contributed by atoms with Crippen molar-refractivity contribution in [1.29, 1.82) is 0 Å². The Balaban J connectivity index is 1.82. The Hall–Kier alpha value is -3.06. The van der Waals surface area contributed by atoms with Gasteiger partial charge in [-0.15, -0.1) is 0 Å². The first-order chi connectivity index (χ1) is 11.1. The van der Waals surface area contributed by atoms with E-state index in [9.17, 15) is 9.59 Å². The Bertz CT molecular complexity index is 642. The summed E-state index contributed by atoms with van der Waals surface area (Å²) in [6.45, 7) is 0. The van der Waals surface area contributed by atoms with Gasteiger partial charge in [0.05, 0.1) is 6.42 Å². The smallest absolute Gasteiger partial charge is 0.330 e. The van der Waals surface area contributed by atoms with Crippen molar-refractivity contribution in [2.75, 3.05) is 0 Å². The number of rotatable bonds is 5. The zero-order valence-corrected chi connectivity index (χ0v) is 12.3. The van der Waals surface area contributed by atoms with Crippen molar-refractivity contribution < 1.29 is 19.1 Å². The lowest BCUT2D eigenvalue weighted by atomic mass is 10.2. The first-order valence-corrected chi connectivity index (χ1v) is 6.93. The van der Waals surface area contributed by atoms with Crippen molar-refractivity contribution in [2.24, 2.45) is 5.73 Å². The molecule has 1 atom stereocenters.